The molecule has 0 radical (unpaired) electrons. The van der Waals surface area contributed by atoms with Gasteiger partial charge < -0.3 is 4.74 Å². The Morgan fingerprint density at radius 1 is 0.952 bits per heavy atom. The van der Waals surface area contributed by atoms with Gasteiger partial charge in [-0.15, -0.1) is 11.6 Å². The van der Waals surface area contributed by atoms with Crippen LogP contribution >= 0.6 is 11.6 Å². The van der Waals surface area contributed by atoms with Crippen molar-refractivity contribution >= 4 is 22.5 Å². The predicted molar refractivity (Wildman–Crippen MR) is 86.9 cm³/mol. The Balaban J connectivity index is 1.95. The second-order valence-electron chi connectivity index (χ2n) is 4.82. The first-order valence-electron chi connectivity index (χ1n) is 7.00. The van der Waals surface area contributed by atoms with Gasteiger partial charge in [0, 0.05) is 23.9 Å². The monoisotopic (exact) mass is 297 g/mol. The third kappa shape index (κ3) is 3.17. The quantitative estimate of drug-likeness (QED) is 0.619. The zero-order chi connectivity index (χ0) is 14.5. The summed E-state index contributed by atoms with van der Waals surface area (Å²) in [5.41, 5.74) is 2.08. The maximum Gasteiger partial charge on any atom is 0.129 e. The Kier molecular flexibility index (Phi) is 4.37. The van der Waals surface area contributed by atoms with Crippen LogP contribution in [-0.2, 0) is 0 Å². The van der Waals surface area contributed by atoms with Crippen molar-refractivity contribution < 1.29 is 4.74 Å². The number of nitrogens with zero attached hydrogens (tertiary/aromatic N) is 1. The third-order valence-electron chi connectivity index (χ3n) is 3.42. The highest BCUT2D eigenvalue weighted by atomic mass is 35.5. The number of hydrogen-bond acceptors (Lipinski definition) is 2. The topological polar surface area (TPSA) is 22.1 Å². The van der Waals surface area contributed by atoms with Gasteiger partial charge in [-0.25, -0.2) is 0 Å². The molecule has 1 aromatic heterocycles. The van der Waals surface area contributed by atoms with Crippen LogP contribution in [0.25, 0.3) is 10.9 Å². The van der Waals surface area contributed by atoms with Gasteiger partial charge in [-0.1, -0.05) is 36.4 Å². The van der Waals surface area contributed by atoms with Gasteiger partial charge in [-0.3, -0.25) is 4.98 Å². The largest absolute Gasteiger partial charge is 0.485 e. The number of halogens is 1. The minimum absolute atomic E-state index is 0.0468. The summed E-state index contributed by atoms with van der Waals surface area (Å²) in [5, 5.41) is 1.02. The van der Waals surface area contributed by atoms with Crippen molar-refractivity contribution in [1.82, 2.24) is 4.98 Å². The van der Waals surface area contributed by atoms with E-state index in [1.165, 1.54) is 0 Å². The molecule has 0 aliphatic rings. The van der Waals surface area contributed by atoms with Crippen LogP contribution in [0.5, 0.6) is 5.75 Å². The van der Waals surface area contributed by atoms with E-state index in [2.05, 4.69) is 17.1 Å². The molecule has 0 spiro atoms. The van der Waals surface area contributed by atoms with Gasteiger partial charge in [-0.05, 0) is 29.8 Å². The standard InChI is InChI=1S/C18H16ClNO/c19-12-11-17(14-6-2-1-3-7-14)21-18-10-4-9-16-15(18)8-5-13-20-16/h1-10,13,17H,11-12H2/t17-/m1/s1. The minimum Gasteiger partial charge on any atom is -0.485 e. The highest BCUT2D eigenvalue weighted by Crippen LogP contribution is 2.30. The molecule has 0 amide bonds. The van der Waals surface area contributed by atoms with Gasteiger partial charge in [-0.2, -0.15) is 0 Å². The first kappa shape index (κ1) is 13.9. The molecular formula is C18H16ClNO. The van der Waals surface area contributed by atoms with Gasteiger partial charge in [0.2, 0.25) is 0 Å². The summed E-state index contributed by atoms with van der Waals surface area (Å²) >= 11 is 5.94. The molecule has 1 heterocycles. The molecule has 2 aromatic carbocycles. The van der Waals surface area contributed by atoms with Crippen molar-refractivity contribution in [1.29, 1.82) is 0 Å². The second-order valence-corrected chi connectivity index (χ2v) is 5.20. The third-order valence-corrected chi connectivity index (χ3v) is 3.64. The number of alkyl halides is 1. The van der Waals surface area contributed by atoms with E-state index in [0.717, 1.165) is 28.6 Å². The summed E-state index contributed by atoms with van der Waals surface area (Å²) < 4.78 is 6.23. The van der Waals surface area contributed by atoms with Gasteiger partial charge in [0.15, 0.2) is 0 Å². The van der Waals surface area contributed by atoms with Crippen molar-refractivity contribution in [3.63, 3.8) is 0 Å². The van der Waals surface area contributed by atoms with Crippen LogP contribution in [0, 0.1) is 0 Å². The highest BCUT2D eigenvalue weighted by molar-refractivity contribution is 6.17. The lowest BCUT2D eigenvalue weighted by molar-refractivity contribution is 0.205. The van der Waals surface area contributed by atoms with Gasteiger partial charge in [0.25, 0.3) is 0 Å². The molecule has 0 aliphatic carbocycles. The number of hydrogen-bond donors (Lipinski definition) is 0. The second kappa shape index (κ2) is 6.59. The molecule has 21 heavy (non-hydrogen) atoms. The molecule has 0 saturated carbocycles. The van der Waals surface area contributed by atoms with E-state index in [9.17, 15) is 0 Å². The van der Waals surface area contributed by atoms with Crippen LogP contribution in [0.4, 0.5) is 0 Å². The molecule has 3 heteroatoms. The molecule has 0 unspecified atom stereocenters. The molecule has 0 aliphatic heterocycles. The van der Waals surface area contributed by atoms with E-state index in [1.54, 1.807) is 6.20 Å². The van der Waals surface area contributed by atoms with Gasteiger partial charge >= 0.3 is 0 Å². The Labute approximate surface area is 129 Å². The molecule has 106 valence electrons. The summed E-state index contributed by atoms with van der Waals surface area (Å²) in [5.74, 6) is 1.40. The van der Waals surface area contributed by atoms with Crippen LogP contribution < -0.4 is 4.74 Å². The van der Waals surface area contributed by atoms with E-state index in [4.69, 9.17) is 16.3 Å². The van der Waals surface area contributed by atoms with Crippen molar-refractivity contribution in [2.75, 3.05) is 5.88 Å². The summed E-state index contributed by atoms with van der Waals surface area (Å²) in [6, 6.07) is 20.1. The maximum absolute atomic E-state index is 6.23. The van der Waals surface area contributed by atoms with Gasteiger partial charge in [0.05, 0.1) is 5.52 Å². The molecule has 2 nitrogen and oxygen atoms in total. The van der Waals surface area contributed by atoms with E-state index in [0.29, 0.717) is 5.88 Å². The molecule has 0 N–H and O–H groups in total. The predicted octanol–water partition coefficient (Wildman–Crippen LogP) is 4.98. The molecule has 1 atom stereocenters. The fourth-order valence-corrected chi connectivity index (χ4v) is 2.59. The first-order valence-corrected chi connectivity index (χ1v) is 7.53. The zero-order valence-electron chi connectivity index (χ0n) is 11.6. The number of fused-ring (bicyclic) bond motifs is 1. The van der Waals surface area contributed by atoms with Crippen LogP contribution in [0.2, 0.25) is 0 Å². The molecule has 0 fully saturated rings. The number of rotatable bonds is 5. The normalized spacial score (nSPS) is 12.2. The van der Waals surface area contributed by atoms with Gasteiger partial charge in [0.1, 0.15) is 11.9 Å². The number of ether oxygens (including phenoxy) is 1. The van der Waals surface area contributed by atoms with Crippen LogP contribution in [0.3, 0.4) is 0 Å². The van der Waals surface area contributed by atoms with Crippen LogP contribution in [0.1, 0.15) is 18.1 Å². The summed E-state index contributed by atoms with van der Waals surface area (Å²) in [6.45, 7) is 0. The van der Waals surface area contributed by atoms with Crippen LogP contribution in [-0.4, -0.2) is 10.9 Å². The zero-order valence-corrected chi connectivity index (χ0v) is 12.3. The average Bonchev–Trinajstić information content (AvgIpc) is 2.55. The molecule has 3 aromatic rings. The summed E-state index contributed by atoms with van der Waals surface area (Å²) in [6.07, 6.45) is 2.51. The lowest BCUT2D eigenvalue weighted by Gasteiger charge is -2.19. The van der Waals surface area contributed by atoms with Crippen molar-refractivity contribution in [3.05, 3.63) is 72.4 Å². The average molecular weight is 298 g/mol. The molecule has 3 rings (SSSR count). The molecule has 0 saturated heterocycles. The van der Waals surface area contributed by atoms with E-state index in [-0.39, 0.29) is 6.10 Å². The smallest absolute Gasteiger partial charge is 0.129 e. The lowest BCUT2D eigenvalue weighted by Crippen LogP contribution is -2.08. The number of aromatic nitrogens is 1. The minimum atomic E-state index is -0.0468. The van der Waals surface area contributed by atoms with Crippen molar-refractivity contribution in [3.8, 4) is 5.75 Å². The Bertz CT molecular complexity index is 709. The SMILES string of the molecule is ClCC[C@@H](Oc1cccc2ncccc12)c1ccccc1. The Hall–Kier alpha value is -2.06. The number of pyridine rings is 1. The Morgan fingerprint density at radius 3 is 2.62 bits per heavy atom. The summed E-state index contributed by atoms with van der Waals surface area (Å²) in [7, 11) is 0. The van der Waals surface area contributed by atoms with Crippen molar-refractivity contribution in [2.24, 2.45) is 0 Å². The van der Waals surface area contributed by atoms with E-state index >= 15 is 0 Å². The fourth-order valence-electron chi connectivity index (χ4n) is 2.39. The first-order chi connectivity index (χ1) is 10.4. The highest BCUT2D eigenvalue weighted by Gasteiger charge is 2.14. The van der Waals surface area contributed by atoms with E-state index < -0.39 is 0 Å². The fraction of sp³-hybridized carbons (Fsp3) is 0.167. The van der Waals surface area contributed by atoms with Crippen molar-refractivity contribution in [2.45, 2.75) is 12.5 Å². The molecule has 0 bridgehead atoms. The summed E-state index contributed by atoms with van der Waals surface area (Å²) in [4.78, 5) is 4.36. The van der Waals surface area contributed by atoms with Crippen LogP contribution in [0.15, 0.2) is 66.9 Å². The molecular weight excluding hydrogens is 282 g/mol. The lowest BCUT2D eigenvalue weighted by atomic mass is 10.1. The van der Waals surface area contributed by atoms with E-state index in [1.807, 2.05) is 48.5 Å². The maximum atomic E-state index is 6.23. The number of benzene rings is 2. The Morgan fingerprint density at radius 2 is 1.81 bits per heavy atom.